The third-order valence-electron chi connectivity index (χ3n) is 2.77. The molecule has 0 saturated carbocycles. The van der Waals surface area contributed by atoms with Gasteiger partial charge in [-0.1, -0.05) is 23.7 Å². The molecule has 1 aromatic rings. The molecule has 0 aliphatic rings. The van der Waals surface area contributed by atoms with Crippen LogP contribution in [-0.2, 0) is 15.1 Å². The molecule has 19 heavy (non-hydrogen) atoms. The van der Waals surface area contributed by atoms with Crippen LogP contribution in [0.5, 0.6) is 0 Å². The van der Waals surface area contributed by atoms with Gasteiger partial charge in [0.1, 0.15) is 0 Å². The average Bonchev–Trinajstić information content (AvgIpc) is 2.34. The molecule has 4 nitrogen and oxygen atoms in total. The van der Waals surface area contributed by atoms with Crippen molar-refractivity contribution in [2.24, 2.45) is 0 Å². The number of hydrogen-bond acceptors (Lipinski definition) is 3. The van der Waals surface area contributed by atoms with Gasteiger partial charge in [-0.05, 0) is 31.5 Å². The second-order valence-corrected chi connectivity index (χ2v) is 5.29. The van der Waals surface area contributed by atoms with Crippen LogP contribution in [0.25, 0.3) is 0 Å². The molecule has 0 unspecified atom stereocenters. The van der Waals surface area contributed by atoms with Crippen LogP contribution in [0.3, 0.4) is 0 Å². The molecule has 0 atom stereocenters. The lowest BCUT2D eigenvalue weighted by Gasteiger charge is -2.27. The van der Waals surface area contributed by atoms with Crippen molar-refractivity contribution in [1.29, 1.82) is 0 Å². The van der Waals surface area contributed by atoms with Crippen molar-refractivity contribution in [2.45, 2.75) is 19.4 Å². The third kappa shape index (κ3) is 5.59. The molecule has 0 saturated heterocycles. The molecule has 0 fully saturated rings. The van der Waals surface area contributed by atoms with E-state index < -0.39 is 5.54 Å². The molecule has 106 valence electrons. The number of methoxy groups -OCH3 is 1. The van der Waals surface area contributed by atoms with E-state index in [0.29, 0.717) is 18.2 Å². The van der Waals surface area contributed by atoms with E-state index in [-0.39, 0.29) is 12.5 Å². The number of carbonyl (C=O) groups excluding carboxylic acids is 1. The number of rotatable bonds is 7. The van der Waals surface area contributed by atoms with E-state index in [4.69, 9.17) is 16.3 Å². The Bertz CT molecular complexity index is 422. The summed E-state index contributed by atoms with van der Waals surface area (Å²) in [7, 11) is 1.63. The minimum Gasteiger partial charge on any atom is -0.383 e. The first kappa shape index (κ1) is 16.0. The molecule has 0 radical (unpaired) electrons. The van der Waals surface area contributed by atoms with E-state index in [1.165, 1.54) is 0 Å². The summed E-state index contributed by atoms with van der Waals surface area (Å²) in [4.78, 5) is 11.8. The molecule has 0 bridgehead atoms. The maximum absolute atomic E-state index is 11.8. The molecule has 2 N–H and O–H groups in total. The Labute approximate surface area is 119 Å². The number of halogens is 1. The van der Waals surface area contributed by atoms with E-state index in [1.54, 1.807) is 7.11 Å². The fraction of sp³-hybridized carbons (Fsp3) is 0.500. The summed E-state index contributed by atoms with van der Waals surface area (Å²) in [5, 5.41) is 6.65. The Morgan fingerprint density at radius 2 is 2.16 bits per heavy atom. The van der Waals surface area contributed by atoms with Crippen molar-refractivity contribution < 1.29 is 9.53 Å². The summed E-state index contributed by atoms with van der Waals surface area (Å²) in [6, 6.07) is 7.50. The molecule has 0 aliphatic carbocycles. The highest BCUT2D eigenvalue weighted by molar-refractivity contribution is 6.30. The highest BCUT2D eigenvalue weighted by Gasteiger charge is 2.22. The van der Waals surface area contributed by atoms with E-state index in [1.807, 2.05) is 38.1 Å². The molecule has 0 aromatic heterocycles. The lowest BCUT2D eigenvalue weighted by Crippen LogP contribution is -2.45. The largest absolute Gasteiger partial charge is 0.383 e. The normalized spacial score (nSPS) is 11.4. The van der Waals surface area contributed by atoms with Crippen molar-refractivity contribution >= 4 is 17.5 Å². The molecular weight excluding hydrogens is 264 g/mol. The van der Waals surface area contributed by atoms with Crippen LogP contribution in [-0.4, -0.2) is 32.7 Å². The quantitative estimate of drug-likeness (QED) is 0.752. The van der Waals surface area contributed by atoms with Crippen LogP contribution in [0, 0.1) is 0 Å². The first-order valence-electron chi connectivity index (χ1n) is 6.22. The first-order valence-corrected chi connectivity index (χ1v) is 6.60. The van der Waals surface area contributed by atoms with Gasteiger partial charge in [-0.25, -0.2) is 0 Å². The van der Waals surface area contributed by atoms with Crippen LogP contribution in [0.1, 0.15) is 19.4 Å². The van der Waals surface area contributed by atoms with Crippen LogP contribution in [0.15, 0.2) is 24.3 Å². The fourth-order valence-electron chi connectivity index (χ4n) is 1.72. The third-order valence-corrected chi connectivity index (χ3v) is 3.00. The molecule has 0 heterocycles. The highest BCUT2D eigenvalue weighted by atomic mass is 35.5. The zero-order chi connectivity index (χ0) is 14.3. The minimum absolute atomic E-state index is 0.0546. The van der Waals surface area contributed by atoms with Gasteiger partial charge in [-0.15, -0.1) is 0 Å². The average molecular weight is 285 g/mol. The van der Waals surface area contributed by atoms with Gasteiger partial charge in [0.2, 0.25) is 5.91 Å². The Kier molecular flexibility index (Phi) is 6.28. The predicted molar refractivity (Wildman–Crippen MR) is 77.4 cm³/mol. The molecule has 1 rings (SSSR count). The maximum atomic E-state index is 11.8. The highest BCUT2D eigenvalue weighted by Crippen LogP contribution is 2.22. The lowest BCUT2D eigenvalue weighted by atomic mass is 9.94. The summed E-state index contributed by atoms with van der Waals surface area (Å²) in [6.45, 7) is 5.41. The summed E-state index contributed by atoms with van der Waals surface area (Å²) < 4.78 is 4.90. The number of carbonyl (C=O) groups is 1. The van der Waals surface area contributed by atoms with Gasteiger partial charge in [-0.2, -0.15) is 0 Å². The van der Waals surface area contributed by atoms with Gasteiger partial charge in [0.25, 0.3) is 0 Å². The molecular formula is C14H21ClN2O2. The molecule has 1 aromatic carbocycles. The van der Waals surface area contributed by atoms with E-state index in [9.17, 15) is 4.79 Å². The van der Waals surface area contributed by atoms with Gasteiger partial charge in [0.05, 0.1) is 18.7 Å². The molecule has 0 aliphatic heterocycles. The number of amides is 1. The van der Waals surface area contributed by atoms with Crippen molar-refractivity contribution in [1.82, 2.24) is 10.6 Å². The van der Waals surface area contributed by atoms with E-state index in [0.717, 1.165) is 5.56 Å². The van der Waals surface area contributed by atoms with Crippen molar-refractivity contribution in [3.05, 3.63) is 34.9 Å². The van der Waals surface area contributed by atoms with Gasteiger partial charge in [0.15, 0.2) is 0 Å². The summed E-state index contributed by atoms with van der Waals surface area (Å²) >= 11 is 5.97. The first-order chi connectivity index (χ1) is 8.95. The second-order valence-electron chi connectivity index (χ2n) is 4.85. The molecule has 0 spiro atoms. The van der Waals surface area contributed by atoms with Gasteiger partial charge < -0.3 is 15.4 Å². The van der Waals surface area contributed by atoms with Gasteiger partial charge in [0, 0.05) is 18.7 Å². The van der Waals surface area contributed by atoms with Crippen molar-refractivity contribution in [3.63, 3.8) is 0 Å². The standard InChI is InChI=1S/C14H21ClN2O2/c1-14(2,11-5-4-6-12(15)9-11)17-13(18)10-16-7-8-19-3/h4-6,9,16H,7-8,10H2,1-3H3,(H,17,18). The van der Waals surface area contributed by atoms with Crippen LogP contribution in [0.4, 0.5) is 0 Å². The Morgan fingerprint density at radius 1 is 1.42 bits per heavy atom. The predicted octanol–water partition coefficient (Wildman–Crippen LogP) is 1.93. The van der Waals surface area contributed by atoms with Crippen LogP contribution in [0.2, 0.25) is 5.02 Å². The minimum atomic E-state index is -0.453. The SMILES string of the molecule is COCCNCC(=O)NC(C)(C)c1cccc(Cl)c1. The number of benzene rings is 1. The zero-order valence-corrected chi connectivity index (χ0v) is 12.4. The monoisotopic (exact) mass is 284 g/mol. The topological polar surface area (TPSA) is 50.4 Å². The van der Waals surface area contributed by atoms with Gasteiger partial charge in [-0.3, -0.25) is 4.79 Å². The fourth-order valence-corrected chi connectivity index (χ4v) is 1.91. The number of hydrogen-bond donors (Lipinski definition) is 2. The Hall–Kier alpha value is -1.10. The lowest BCUT2D eigenvalue weighted by molar-refractivity contribution is -0.121. The summed E-state index contributed by atoms with van der Waals surface area (Å²) in [5.74, 6) is -0.0546. The van der Waals surface area contributed by atoms with Crippen LogP contribution < -0.4 is 10.6 Å². The summed E-state index contributed by atoms with van der Waals surface area (Å²) in [5.41, 5.74) is 0.524. The van der Waals surface area contributed by atoms with Crippen molar-refractivity contribution in [3.8, 4) is 0 Å². The van der Waals surface area contributed by atoms with Crippen LogP contribution >= 0.6 is 11.6 Å². The Balaban J connectivity index is 2.52. The van der Waals surface area contributed by atoms with E-state index in [2.05, 4.69) is 10.6 Å². The van der Waals surface area contributed by atoms with E-state index >= 15 is 0 Å². The molecule has 5 heteroatoms. The summed E-state index contributed by atoms with van der Waals surface area (Å²) in [6.07, 6.45) is 0. The number of ether oxygens (including phenoxy) is 1. The number of nitrogens with one attached hydrogen (secondary N) is 2. The second kappa shape index (κ2) is 7.48. The van der Waals surface area contributed by atoms with Gasteiger partial charge >= 0.3 is 0 Å². The van der Waals surface area contributed by atoms with Crippen molar-refractivity contribution in [2.75, 3.05) is 26.8 Å². The maximum Gasteiger partial charge on any atom is 0.234 e. The zero-order valence-electron chi connectivity index (χ0n) is 11.6. The smallest absolute Gasteiger partial charge is 0.234 e. The Morgan fingerprint density at radius 3 is 2.79 bits per heavy atom. The molecule has 1 amide bonds.